The van der Waals surface area contributed by atoms with Gasteiger partial charge in [-0.3, -0.25) is 4.57 Å². The fourth-order valence-corrected chi connectivity index (χ4v) is 4.94. The van der Waals surface area contributed by atoms with Crippen LogP contribution in [0.15, 0.2) is 43.2 Å². The Hall–Kier alpha value is -1.87. The lowest BCUT2D eigenvalue weighted by molar-refractivity contribution is 0.144. The minimum absolute atomic E-state index is 0.303. The number of nitrogens with zero attached hydrogens (tertiary/aromatic N) is 3. The Balaban J connectivity index is 1.26. The molecule has 0 saturated heterocycles. The van der Waals surface area contributed by atoms with Gasteiger partial charge in [-0.1, -0.05) is 47.3 Å². The molecule has 0 fully saturated rings. The third-order valence-corrected chi connectivity index (χ3v) is 6.89. The molecule has 2 heterocycles. The summed E-state index contributed by atoms with van der Waals surface area (Å²) in [5.41, 5.74) is 0. The highest BCUT2D eigenvalue weighted by Gasteiger charge is 2.04. The maximum absolute atomic E-state index is 11.6. The maximum Gasteiger partial charge on any atom is 0.419 e. The molecule has 0 radical (unpaired) electrons. The quantitative estimate of drug-likeness (QED) is 0.247. The highest BCUT2D eigenvalue weighted by Crippen LogP contribution is 2.24. The van der Waals surface area contributed by atoms with E-state index in [-0.39, 0.29) is 12.2 Å². The van der Waals surface area contributed by atoms with Crippen LogP contribution in [0.25, 0.3) is 0 Å². The zero-order chi connectivity index (χ0) is 21.3. The summed E-state index contributed by atoms with van der Waals surface area (Å²) < 4.78 is 13.2. The summed E-state index contributed by atoms with van der Waals surface area (Å²) in [7, 11) is 3.88. The number of aromatic nitrogens is 3. The number of carbonyl (C=O) groups is 2. The molecule has 2 rings (SSSR count). The Bertz CT molecular complexity index is 633. The Morgan fingerprint density at radius 2 is 1.23 bits per heavy atom. The van der Waals surface area contributed by atoms with E-state index < -0.39 is 0 Å². The van der Waals surface area contributed by atoms with Gasteiger partial charge in [0.25, 0.3) is 0 Å². The van der Waals surface area contributed by atoms with Crippen molar-refractivity contribution in [2.75, 3.05) is 24.7 Å². The number of unbranched alkanes of at least 4 members (excludes halogenated alkanes) is 6. The fraction of sp³-hybridized carbons (Fsp3) is 0.571. The van der Waals surface area contributed by atoms with E-state index in [4.69, 9.17) is 9.47 Å². The van der Waals surface area contributed by atoms with Gasteiger partial charge in [-0.15, -0.1) is 0 Å². The molecular weight excluding hydrogens is 422 g/mol. The molecule has 166 valence electrons. The summed E-state index contributed by atoms with van der Waals surface area (Å²) in [4.78, 5) is 27.0. The maximum atomic E-state index is 11.6. The van der Waals surface area contributed by atoms with Crippen LogP contribution < -0.4 is 0 Å². The summed E-state index contributed by atoms with van der Waals surface area (Å²) >= 11 is 0. The van der Waals surface area contributed by atoms with Gasteiger partial charge < -0.3 is 9.47 Å². The van der Waals surface area contributed by atoms with Crippen molar-refractivity contribution >= 4 is 33.8 Å². The monoisotopic (exact) mass is 453 g/mol. The van der Waals surface area contributed by atoms with Gasteiger partial charge in [0.15, 0.2) is 0 Å². The van der Waals surface area contributed by atoms with Gasteiger partial charge in [0.2, 0.25) is 0 Å². The second-order valence-electron chi connectivity index (χ2n) is 6.76. The molecule has 0 bridgehead atoms. The highest BCUT2D eigenvalue weighted by molar-refractivity contribution is 8.76. The molecule has 7 nitrogen and oxygen atoms in total. The lowest BCUT2D eigenvalue weighted by atomic mass is 10.2. The van der Waals surface area contributed by atoms with Crippen molar-refractivity contribution in [3.63, 3.8) is 0 Å². The molecule has 0 N–H and O–H groups in total. The summed E-state index contributed by atoms with van der Waals surface area (Å²) in [6, 6.07) is 3.61. The molecule has 2 aromatic rings. The van der Waals surface area contributed by atoms with Crippen molar-refractivity contribution < 1.29 is 19.1 Å². The average molecular weight is 454 g/mol. The van der Waals surface area contributed by atoms with Crippen LogP contribution >= 0.6 is 21.6 Å². The zero-order valence-corrected chi connectivity index (χ0v) is 19.0. The van der Waals surface area contributed by atoms with E-state index in [1.54, 1.807) is 36.9 Å². The van der Waals surface area contributed by atoms with E-state index in [0.29, 0.717) is 13.2 Å². The molecule has 9 heteroatoms. The molecule has 0 unspecified atom stereocenters. The van der Waals surface area contributed by atoms with E-state index in [1.165, 1.54) is 34.7 Å². The topological polar surface area (TPSA) is 75.3 Å². The molecule has 0 amide bonds. The van der Waals surface area contributed by atoms with Gasteiger partial charge in [-0.05, 0) is 37.8 Å². The largest absolute Gasteiger partial charge is 0.449 e. The van der Waals surface area contributed by atoms with Crippen LogP contribution in [0.1, 0.15) is 51.4 Å². The van der Waals surface area contributed by atoms with Crippen molar-refractivity contribution in [2.24, 2.45) is 0 Å². The van der Waals surface area contributed by atoms with Gasteiger partial charge in [0.1, 0.15) is 6.33 Å². The number of hydrogen-bond acceptors (Lipinski definition) is 7. The number of ether oxygens (including phenoxy) is 2. The van der Waals surface area contributed by atoms with E-state index in [2.05, 4.69) is 4.98 Å². The normalized spacial score (nSPS) is 10.8. The second-order valence-corrected chi connectivity index (χ2v) is 9.46. The van der Waals surface area contributed by atoms with Crippen LogP contribution in [0, 0.1) is 0 Å². The zero-order valence-electron chi connectivity index (χ0n) is 17.3. The minimum atomic E-state index is -0.364. The van der Waals surface area contributed by atoms with Gasteiger partial charge in [-0.2, -0.15) is 0 Å². The molecule has 0 aromatic carbocycles. The Morgan fingerprint density at radius 1 is 0.700 bits per heavy atom. The molecule has 2 aromatic heterocycles. The van der Waals surface area contributed by atoms with Crippen molar-refractivity contribution in [3.05, 3.63) is 43.2 Å². The van der Waals surface area contributed by atoms with Crippen LogP contribution in [0.2, 0.25) is 0 Å². The first kappa shape index (κ1) is 24.4. The Kier molecular flexibility index (Phi) is 12.9. The van der Waals surface area contributed by atoms with Crippen LogP contribution in [-0.2, 0) is 9.47 Å². The summed E-state index contributed by atoms with van der Waals surface area (Å²) in [6.45, 7) is 0.951. The second kappa shape index (κ2) is 15.9. The molecule has 0 aliphatic carbocycles. The van der Waals surface area contributed by atoms with E-state index in [9.17, 15) is 9.59 Å². The van der Waals surface area contributed by atoms with Gasteiger partial charge in [-0.25, -0.2) is 19.1 Å². The van der Waals surface area contributed by atoms with Crippen LogP contribution in [-0.4, -0.2) is 51.0 Å². The summed E-state index contributed by atoms with van der Waals surface area (Å²) in [5.74, 6) is 2.33. The van der Waals surface area contributed by atoms with Crippen molar-refractivity contribution in [2.45, 2.75) is 51.4 Å². The first-order valence-electron chi connectivity index (χ1n) is 10.5. The predicted molar refractivity (Wildman–Crippen MR) is 122 cm³/mol. The highest BCUT2D eigenvalue weighted by atomic mass is 33.1. The van der Waals surface area contributed by atoms with E-state index in [1.807, 2.05) is 21.6 Å². The minimum Gasteiger partial charge on any atom is -0.449 e. The molecule has 0 aliphatic heterocycles. The average Bonchev–Trinajstić information content (AvgIpc) is 3.47. The molecule has 0 atom stereocenters. The lowest BCUT2D eigenvalue weighted by Gasteiger charge is -2.05. The standard InChI is InChI=1S/C21H31N3O4S2/c25-20(23-12-5-6-13-23)27-15-7-1-3-9-17-29-30-18-10-4-2-8-16-28-21(26)24-14-11-22-19-24/h5-6,11-14,19H,1-4,7-10,15-18H2. The molecule has 0 saturated carbocycles. The SMILES string of the molecule is O=C(OCCCCCCSSCCCCCCOC(=O)n1ccnc1)n1cccc1. The van der Waals surface area contributed by atoms with E-state index >= 15 is 0 Å². The molecule has 0 spiro atoms. The van der Waals surface area contributed by atoms with Crippen molar-refractivity contribution in [1.29, 1.82) is 0 Å². The Labute approximate surface area is 186 Å². The predicted octanol–water partition coefficient (Wildman–Crippen LogP) is 5.86. The Morgan fingerprint density at radius 3 is 1.77 bits per heavy atom. The van der Waals surface area contributed by atoms with Crippen LogP contribution in [0.3, 0.4) is 0 Å². The first-order valence-corrected chi connectivity index (χ1v) is 13.0. The third kappa shape index (κ3) is 10.8. The van der Waals surface area contributed by atoms with Crippen LogP contribution in [0.4, 0.5) is 9.59 Å². The van der Waals surface area contributed by atoms with Crippen LogP contribution in [0.5, 0.6) is 0 Å². The van der Waals surface area contributed by atoms with Crippen molar-refractivity contribution in [3.8, 4) is 0 Å². The fourth-order valence-electron chi connectivity index (χ4n) is 2.64. The lowest BCUT2D eigenvalue weighted by Crippen LogP contribution is -2.12. The number of hydrogen-bond donors (Lipinski definition) is 0. The summed E-state index contributed by atoms with van der Waals surface area (Å²) in [5, 5.41) is 0. The van der Waals surface area contributed by atoms with Gasteiger partial charge >= 0.3 is 12.2 Å². The third-order valence-electron chi connectivity index (χ3n) is 4.31. The number of carbonyl (C=O) groups excluding carboxylic acids is 2. The number of rotatable bonds is 15. The number of imidazole rings is 1. The van der Waals surface area contributed by atoms with Gasteiger partial charge in [0.05, 0.1) is 13.2 Å². The molecule has 30 heavy (non-hydrogen) atoms. The van der Waals surface area contributed by atoms with Gasteiger partial charge in [0, 0.05) is 36.3 Å². The molecular formula is C21H31N3O4S2. The smallest absolute Gasteiger partial charge is 0.419 e. The first-order chi connectivity index (χ1) is 14.8. The summed E-state index contributed by atoms with van der Waals surface area (Å²) in [6.07, 6.45) is 16.0. The van der Waals surface area contributed by atoms with Crippen molar-refractivity contribution in [1.82, 2.24) is 14.1 Å². The molecule has 0 aliphatic rings. The van der Waals surface area contributed by atoms with E-state index in [0.717, 1.165) is 43.6 Å².